The molecular weight excluding hydrogens is 256 g/mol. The minimum absolute atomic E-state index is 0. The lowest BCUT2D eigenvalue weighted by atomic mass is 9.92. The van der Waals surface area contributed by atoms with Gasteiger partial charge in [-0.25, -0.2) is 0 Å². The largest absolute Gasteiger partial charge is 0.469 e. The highest BCUT2D eigenvalue weighted by Gasteiger charge is 2.24. The van der Waals surface area contributed by atoms with E-state index in [4.69, 9.17) is 0 Å². The van der Waals surface area contributed by atoms with Crippen molar-refractivity contribution in [3.05, 3.63) is 0 Å². The van der Waals surface area contributed by atoms with E-state index in [0.717, 1.165) is 19.4 Å². The minimum Gasteiger partial charge on any atom is -0.469 e. The van der Waals surface area contributed by atoms with E-state index in [1.54, 1.807) is 0 Å². The fourth-order valence-electron chi connectivity index (χ4n) is 2.06. The summed E-state index contributed by atoms with van der Waals surface area (Å²) in [5, 5.41) is 6.19. The number of esters is 1. The zero-order valence-corrected chi connectivity index (χ0v) is 11.8. The maximum absolute atomic E-state index is 11.8. The Balaban J connectivity index is 0.00000289. The van der Waals surface area contributed by atoms with Gasteiger partial charge in [0, 0.05) is 24.9 Å². The van der Waals surface area contributed by atoms with Crippen molar-refractivity contribution in [1.29, 1.82) is 0 Å². The third-order valence-corrected chi connectivity index (χ3v) is 3.08. The number of piperidine rings is 1. The van der Waals surface area contributed by atoms with Crippen LogP contribution >= 0.6 is 12.4 Å². The summed E-state index contributed by atoms with van der Waals surface area (Å²) in [5.41, 5.74) is 0. The Morgan fingerprint density at radius 3 is 2.78 bits per heavy atom. The van der Waals surface area contributed by atoms with Crippen LogP contribution in [0, 0.1) is 5.92 Å². The fourth-order valence-corrected chi connectivity index (χ4v) is 2.06. The van der Waals surface area contributed by atoms with Gasteiger partial charge in [-0.1, -0.05) is 0 Å². The van der Waals surface area contributed by atoms with Gasteiger partial charge >= 0.3 is 5.97 Å². The van der Waals surface area contributed by atoms with Gasteiger partial charge in [-0.15, -0.1) is 12.4 Å². The van der Waals surface area contributed by atoms with Crippen molar-refractivity contribution < 1.29 is 14.3 Å². The third-order valence-electron chi connectivity index (χ3n) is 3.08. The van der Waals surface area contributed by atoms with Gasteiger partial charge in [0.05, 0.1) is 7.11 Å². The van der Waals surface area contributed by atoms with Gasteiger partial charge in [-0.05, 0) is 32.7 Å². The predicted octanol–water partition coefficient (Wildman–Crippen LogP) is 0.866. The van der Waals surface area contributed by atoms with Crippen molar-refractivity contribution in [3.8, 4) is 0 Å². The molecule has 2 atom stereocenters. The third kappa shape index (κ3) is 6.21. The first kappa shape index (κ1) is 17.2. The average Bonchev–Trinajstić information content (AvgIpc) is 2.34. The van der Waals surface area contributed by atoms with Crippen LogP contribution in [0.5, 0.6) is 0 Å². The van der Waals surface area contributed by atoms with Crippen molar-refractivity contribution in [3.63, 3.8) is 0 Å². The highest BCUT2D eigenvalue weighted by Crippen LogP contribution is 2.15. The van der Waals surface area contributed by atoms with Crippen LogP contribution in [0.25, 0.3) is 0 Å². The van der Waals surface area contributed by atoms with E-state index in [2.05, 4.69) is 22.3 Å². The van der Waals surface area contributed by atoms with Gasteiger partial charge in [0.2, 0.25) is 5.91 Å². The Morgan fingerprint density at radius 1 is 1.44 bits per heavy atom. The number of carbonyl (C=O) groups excluding carboxylic acids is 2. The Morgan fingerprint density at radius 2 is 2.17 bits per heavy atom. The molecule has 1 rings (SSSR count). The predicted molar refractivity (Wildman–Crippen MR) is 71.7 cm³/mol. The van der Waals surface area contributed by atoms with E-state index in [0.29, 0.717) is 25.4 Å². The Hall–Kier alpha value is -0.810. The normalized spacial score (nSPS) is 22.8. The maximum Gasteiger partial charge on any atom is 0.305 e. The Kier molecular flexibility index (Phi) is 8.75. The molecule has 1 aliphatic rings. The number of ether oxygens (including phenoxy) is 1. The van der Waals surface area contributed by atoms with Crippen molar-refractivity contribution >= 4 is 24.3 Å². The van der Waals surface area contributed by atoms with Crippen LogP contribution in [0.1, 0.15) is 32.6 Å². The van der Waals surface area contributed by atoms with E-state index in [-0.39, 0.29) is 30.2 Å². The lowest BCUT2D eigenvalue weighted by Gasteiger charge is -2.27. The van der Waals surface area contributed by atoms with E-state index in [9.17, 15) is 9.59 Å². The molecule has 5 nitrogen and oxygen atoms in total. The van der Waals surface area contributed by atoms with E-state index < -0.39 is 0 Å². The van der Waals surface area contributed by atoms with Crippen LogP contribution in [0.2, 0.25) is 0 Å². The van der Waals surface area contributed by atoms with Crippen LogP contribution in [-0.2, 0) is 14.3 Å². The number of rotatable bonds is 5. The molecule has 0 spiro atoms. The molecule has 1 fully saturated rings. The van der Waals surface area contributed by atoms with Gasteiger partial charge in [0.15, 0.2) is 0 Å². The summed E-state index contributed by atoms with van der Waals surface area (Å²) in [6, 6.07) is 0.412. The van der Waals surface area contributed by atoms with Gasteiger partial charge in [0.25, 0.3) is 0 Å². The first-order valence-corrected chi connectivity index (χ1v) is 6.21. The molecule has 0 unspecified atom stereocenters. The van der Waals surface area contributed by atoms with E-state index in [1.807, 2.05) is 0 Å². The molecule has 6 heteroatoms. The molecule has 0 aromatic heterocycles. The smallest absolute Gasteiger partial charge is 0.305 e. The van der Waals surface area contributed by atoms with Crippen molar-refractivity contribution in [2.75, 3.05) is 20.2 Å². The van der Waals surface area contributed by atoms with Gasteiger partial charge < -0.3 is 15.4 Å². The first-order valence-electron chi connectivity index (χ1n) is 6.21. The SMILES string of the molecule is COC(=O)CCCNC(=O)[C@H]1CCN[C@@H](C)C1.Cl. The number of hydrogen-bond donors (Lipinski definition) is 2. The molecule has 1 heterocycles. The molecule has 0 bridgehead atoms. The van der Waals surface area contributed by atoms with E-state index >= 15 is 0 Å². The second kappa shape index (κ2) is 9.16. The molecule has 2 N–H and O–H groups in total. The number of methoxy groups -OCH3 is 1. The lowest BCUT2D eigenvalue weighted by molar-refractivity contribution is -0.140. The number of carbonyl (C=O) groups is 2. The molecular formula is C12H23ClN2O3. The number of nitrogens with one attached hydrogen (secondary N) is 2. The lowest BCUT2D eigenvalue weighted by Crippen LogP contribution is -2.42. The second-order valence-corrected chi connectivity index (χ2v) is 4.55. The zero-order chi connectivity index (χ0) is 12.7. The maximum atomic E-state index is 11.8. The average molecular weight is 279 g/mol. The molecule has 1 saturated heterocycles. The van der Waals surface area contributed by atoms with Gasteiger partial charge in [-0.2, -0.15) is 0 Å². The topological polar surface area (TPSA) is 67.4 Å². The molecule has 1 amide bonds. The van der Waals surface area contributed by atoms with Crippen LogP contribution in [-0.4, -0.2) is 38.1 Å². The van der Waals surface area contributed by atoms with Crippen LogP contribution < -0.4 is 10.6 Å². The monoisotopic (exact) mass is 278 g/mol. The van der Waals surface area contributed by atoms with Crippen molar-refractivity contribution in [1.82, 2.24) is 10.6 Å². The zero-order valence-electron chi connectivity index (χ0n) is 11.0. The molecule has 18 heavy (non-hydrogen) atoms. The van der Waals surface area contributed by atoms with Gasteiger partial charge in [0.1, 0.15) is 0 Å². The van der Waals surface area contributed by atoms with Crippen LogP contribution in [0.3, 0.4) is 0 Å². The Labute approximate surface area is 114 Å². The highest BCUT2D eigenvalue weighted by molar-refractivity contribution is 5.85. The first-order chi connectivity index (χ1) is 8.13. The van der Waals surface area contributed by atoms with Crippen LogP contribution in [0.4, 0.5) is 0 Å². The van der Waals surface area contributed by atoms with Crippen molar-refractivity contribution in [2.45, 2.75) is 38.6 Å². The van der Waals surface area contributed by atoms with Gasteiger partial charge in [-0.3, -0.25) is 9.59 Å². The minimum atomic E-state index is -0.227. The summed E-state index contributed by atoms with van der Waals surface area (Å²) in [6.45, 7) is 3.55. The fraction of sp³-hybridized carbons (Fsp3) is 0.833. The molecule has 1 aliphatic heterocycles. The number of hydrogen-bond acceptors (Lipinski definition) is 4. The highest BCUT2D eigenvalue weighted by atomic mass is 35.5. The molecule has 106 valence electrons. The van der Waals surface area contributed by atoms with Crippen LogP contribution in [0.15, 0.2) is 0 Å². The quantitative estimate of drug-likeness (QED) is 0.578. The molecule has 0 saturated carbocycles. The standard InChI is InChI=1S/C12H22N2O3.ClH/c1-9-8-10(5-7-13-9)12(16)14-6-3-4-11(15)17-2;/h9-10,13H,3-8H2,1-2H3,(H,14,16);1H/t9-,10-;/m0./s1. The molecule has 0 aromatic carbocycles. The summed E-state index contributed by atoms with van der Waals surface area (Å²) in [7, 11) is 1.37. The summed E-state index contributed by atoms with van der Waals surface area (Å²) >= 11 is 0. The molecule has 0 aromatic rings. The summed E-state index contributed by atoms with van der Waals surface area (Å²) < 4.78 is 4.53. The summed E-state index contributed by atoms with van der Waals surface area (Å²) in [5.74, 6) is 0.00216. The summed E-state index contributed by atoms with van der Waals surface area (Å²) in [4.78, 5) is 22.7. The molecule has 0 radical (unpaired) electrons. The number of amides is 1. The van der Waals surface area contributed by atoms with Crippen molar-refractivity contribution in [2.24, 2.45) is 5.92 Å². The van der Waals surface area contributed by atoms with E-state index in [1.165, 1.54) is 7.11 Å². The summed E-state index contributed by atoms with van der Waals surface area (Å²) in [6.07, 6.45) is 2.79. The molecule has 0 aliphatic carbocycles. The number of halogens is 1. The Bertz CT molecular complexity index is 274. The second-order valence-electron chi connectivity index (χ2n) is 4.55.